The van der Waals surface area contributed by atoms with Crippen molar-refractivity contribution >= 4 is 13.4 Å². The fraction of sp³-hybridized carbons (Fsp3) is 0.778. The van der Waals surface area contributed by atoms with Crippen LogP contribution in [0.2, 0.25) is 0 Å². The van der Waals surface area contributed by atoms with Crippen molar-refractivity contribution in [1.82, 2.24) is 9.80 Å². The van der Waals surface area contributed by atoms with Crippen LogP contribution in [-0.4, -0.2) is 74.6 Å². The summed E-state index contributed by atoms with van der Waals surface area (Å²) in [7, 11) is 0. The van der Waals surface area contributed by atoms with Gasteiger partial charge in [0.1, 0.15) is 0 Å². The number of nitrogens with zero attached hydrogens (tertiary/aromatic N) is 6. The monoisotopic (exact) mass is 330 g/mol. The van der Waals surface area contributed by atoms with Gasteiger partial charge in [-0.2, -0.15) is 10.5 Å². The van der Waals surface area contributed by atoms with Crippen molar-refractivity contribution in [3.05, 3.63) is 0 Å². The Balaban J connectivity index is 2.86. The maximum atomic E-state index is 8.97. The van der Waals surface area contributed by atoms with Crippen LogP contribution in [0.4, 0.5) is 0 Å². The highest BCUT2D eigenvalue weighted by Crippen LogP contribution is 2.27. The second-order valence-electron chi connectivity index (χ2n) is 6.20. The highest BCUT2D eigenvalue weighted by atomic mass is 15.3. The van der Waals surface area contributed by atoms with E-state index in [1.54, 1.807) is 0 Å². The molecule has 1 rings (SSSR count). The lowest BCUT2D eigenvalue weighted by atomic mass is 9.87. The summed E-state index contributed by atoms with van der Waals surface area (Å²) in [5.74, 6) is 0. The lowest BCUT2D eigenvalue weighted by Crippen LogP contribution is -2.55. The molecule has 0 N–H and O–H groups in total. The van der Waals surface area contributed by atoms with Crippen molar-refractivity contribution < 1.29 is 0 Å². The van der Waals surface area contributed by atoms with Gasteiger partial charge in [0.2, 0.25) is 0 Å². The molecule has 0 aromatic heterocycles. The Kier molecular flexibility index (Phi) is 10.7. The van der Waals surface area contributed by atoms with E-state index in [2.05, 4.69) is 45.4 Å². The average Bonchev–Trinajstić information content (AvgIpc) is 2.62. The van der Waals surface area contributed by atoms with Crippen LogP contribution in [0, 0.1) is 22.7 Å². The van der Waals surface area contributed by atoms with E-state index >= 15 is 0 Å². The van der Waals surface area contributed by atoms with E-state index in [1.165, 1.54) is 12.8 Å². The second-order valence-corrected chi connectivity index (χ2v) is 6.20. The second kappa shape index (κ2) is 12.6. The van der Waals surface area contributed by atoms with Gasteiger partial charge < -0.3 is 0 Å². The first-order valence-corrected chi connectivity index (χ1v) is 8.85. The highest BCUT2D eigenvalue weighted by Gasteiger charge is 2.33. The fourth-order valence-corrected chi connectivity index (χ4v) is 3.62. The molecular formula is C18H30N6. The molecule has 1 aliphatic rings. The molecule has 1 aliphatic carbocycles. The molecule has 0 saturated heterocycles. The van der Waals surface area contributed by atoms with E-state index in [-0.39, 0.29) is 0 Å². The molecular weight excluding hydrogens is 300 g/mol. The van der Waals surface area contributed by atoms with Gasteiger partial charge in [0.05, 0.1) is 25.2 Å². The number of hydrogen-bond acceptors (Lipinski definition) is 6. The summed E-state index contributed by atoms with van der Waals surface area (Å²) in [4.78, 5) is 12.8. The van der Waals surface area contributed by atoms with Crippen molar-refractivity contribution in [3.63, 3.8) is 0 Å². The maximum absolute atomic E-state index is 8.97. The van der Waals surface area contributed by atoms with E-state index in [0.717, 1.165) is 39.0 Å². The molecule has 0 aliphatic heterocycles. The van der Waals surface area contributed by atoms with Crippen molar-refractivity contribution in [2.24, 2.45) is 9.98 Å². The van der Waals surface area contributed by atoms with Gasteiger partial charge in [-0.1, -0.05) is 12.8 Å². The van der Waals surface area contributed by atoms with Gasteiger partial charge in [-0.05, 0) is 26.3 Å². The lowest BCUT2D eigenvalue weighted by Gasteiger charge is -2.45. The first-order valence-electron chi connectivity index (χ1n) is 8.85. The zero-order valence-electron chi connectivity index (χ0n) is 14.7. The molecule has 0 aromatic rings. The summed E-state index contributed by atoms with van der Waals surface area (Å²) in [6, 6.07) is 5.35. The van der Waals surface area contributed by atoms with E-state index in [0.29, 0.717) is 38.0 Å². The Hall–Kier alpha value is -1.76. The van der Waals surface area contributed by atoms with Gasteiger partial charge in [0, 0.05) is 51.1 Å². The Labute approximate surface area is 146 Å². The molecule has 0 radical (unpaired) electrons. The number of rotatable bonds is 12. The molecule has 6 nitrogen and oxygen atoms in total. The topological polar surface area (TPSA) is 78.8 Å². The normalized spacial score (nSPS) is 20.5. The van der Waals surface area contributed by atoms with Crippen LogP contribution in [0.15, 0.2) is 9.98 Å². The highest BCUT2D eigenvalue weighted by molar-refractivity contribution is 5.23. The third-order valence-electron chi connectivity index (χ3n) is 4.74. The van der Waals surface area contributed by atoms with E-state index < -0.39 is 0 Å². The first-order chi connectivity index (χ1) is 11.8. The van der Waals surface area contributed by atoms with E-state index in [4.69, 9.17) is 10.5 Å². The lowest BCUT2D eigenvalue weighted by molar-refractivity contribution is 0.0527. The predicted molar refractivity (Wildman–Crippen MR) is 98.5 cm³/mol. The molecule has 6 heteroatoms. The molecule has 0 amide bonds. The first kappa shape index (κ1) is 20.3. The summed E-state index contributed by atoms with van der Waals surface area (Å²) >= 11 is 0. The molecule has 0 spiro atoms. The van der Waals surface area contributed by atoms with E-state index in [9.17, 15) is 0 Å². The molecule has 0 aromatic carbocycles. The molecule has 0 heterocycles. The van der Waals surface area contributed by atoms with Crippen LogP contribution in [-0.2, 0) is 0 Å². The van der Waals surface area contributed by atoms with Crippen LogP contribution in [0.5, 0.6) is 0 Å². The van der Waals surface area contributed by atoms with Gasteiger partial charge >= 0.3 is 0 Å². The van der Waals surface area contributed by atoms with Gasteiger partial charge in [0.25, 0.3) is 0 Å². The van der Waals surface area contributed by atoms with Crippen LogP contribution >= 0.6 is 0 Å². The van der Waals surface area contributed by atoms with Crippen molar-refractivity contribution in [2.75, 3.05) is 39.3 Å². The fourth-order valence-electron chi connectivity index (χ4n) is 3.62. The van der Waals surface area contributed by atoms with Crippen LogP contribution in [0.25, 0.3) is 0 Å². The summed E-state index contributed by atoms with van der Waals surface area (Å²) in [6.07, 6.45) is 5.78. The summed E-state index contributed by atoms with van der Waals surface area (Å²) in [5.41, 5.74) is 0. The smallest absolute Gasteiger partial charge is 0.0635 e. The summed E-state index contributed by atoms with van der Waals surface area (Å²) < 4.78 is 0. The molecule has 1 saturated carbocycles. The Morgan fingerprint density at radius 3 is 1.54 bits per heavy atom. The Morgan fingerprint density at radius 2 is 1.21 bits per heavy atom. The molecule has 2 atom stereocenters. The summed E-state index contributed by atoms with van der Waals surface area (Å²) in [6.45, 7) is 11.8. The summed E-state index contributed by atoms with van der Waals surface area (Å²) in [5, 5.41) is 17.9. The zero-order valence-corrected chi connectivity index (χ0v) is 14.7. The minimum atomic E-state index is 0.414. The predicted octanol–water partition coefficient (Wildman–Crippen LogP) is 2.13. The number of hydrogen-bond donors (Lipinski definition) is 0. The third kappa shape index (κ3) is 6.78. The standard InChI is InChI=1S/C18H30N6/c1-21-11-15-23(13-5-9-19)17-7-3-4-8-18(17)24(14-6-10-20)16-12-22-2/h17-18H,1-8,11-16H2. The minimum Gasteiger partial charge on any atom is -0.300 e. The Bertz CT molecular complexity index is 407. The molecule has 132 valence electrons. The SMILES string of the molecule is C=NCCN(CCC#N)C1CCCCC1N(CCC#N)CCN=C. The number of nitriles is 2. The van der Waals surface area contributed by atoms with Crippen LogP contribution in [0.1, 0.15) is 38.5 Å². The maximum Gasteiger partial charge on any atom is 0.0635 e. The molecule has 2 unspecified atom stereocenters. The van der Waals surface area contributed by atoms with Crippen molar-refractivity contribution in [2.45, 2.75) is 50.6 Å². The minimum absolute atomic E-state index is 0.414. The number of aliphatic imine (C=N–C) groups is 2. The molecule has 0 bridgehead atoms. The van der Waals surface area contributed by atoms with Crippen molar-refractivity contribution in [1.29, 1.82) is 10.5 Å². The van der Waals surface area contributed by atoms with Crippen LogP contribution in [0.3, 0.4) is 0 Å². The van der Waals surface area contributed by atoms with Gasteiger partial charge in [-0.15, -0.1) is 0 Å². The van der Waals surface area contributed by atoms with Gasteiger partial charge in [0.15, 0.2) is 0 Å². The van der Waals surface area contributed by atoms with E-state index in [1.807, 2.05) is 0 Å². The largest absolute Gasteiger partial charge is 0.300 e. The molecule has 24 heavy (non-hydrogen) atoms. The Morgan fingerprint density at radius 1 is 0.792 bits per heavy atom. The van der Waals surface area contributed by atoms with Crippen molar-refractivity contribution in [3.8, 4) is 12.1 Å². The average molecular weight is 330 g/mol. The van der Waals surface area contributed by atoms with Gasteiger partial charge in [-0.3, -0.25) is 19.8 Å². The molecule has 1 fully saturated rings. The third-order valence-corrected chi connectivity index (χ3v) is 4.74. The van der Waals surface area contributed by atoms with Gasteiger partial charge in [-0.25, -0.2) is 0 Å². The quantitative estimate of drug-likeness (QED) is 0.514. The zero-order chi connectivity index (χ0) is 17.6. The van der Waals surface area contributed by atoms with Crippen LogP contribution < -0.4 is 0 Å².